The zero-order valence-corrected chi connectivity index (χ0v) is 10.5. The number of rotatable bonds is 5. The Hall–Kier alpha value is -0.530. The standard InChI is InChI=1S/C12H25NO/c1-7-13-11(14)12(6,10(4)5)8-9(2)3/h9-10H,7-8H2,1-6H3,(H,13,14). The lowest BCUT2D eigenvalue weighted by Gasteiger charge is -2.33. The van der Waals surface area contributed by atoms with E-state index in [1.807, 2.05) is 6.92 Å². The molecule has 2 nitrogen and oxygen atoms in total. The summed E-state index contributed by atoms with van der Waals surface area (Å²) in [6, 6.07) is 0. The maximum Gasteiger partial charge on any atom is 0.226 e. The lowest BCUT2D eigenvalue weighted by Crippen LogP contribution is -2.43. The van der Waals surface area contributed by atoms with E-state index >= 15 is 0 Å². The summed E-state index contributed by atoms with van der Waals surface area (Å²) in [6.45, 7) is 13.3. The number of nitrogens with one attached hydrogen (secondary N) is 1. The molecule has 1 N–H and O–H groups in total. The van der Waals surface area contributed by atoms with Crippen LogP contribution in [0.15, 0.2) is 0 Å². The number of carbonyl (C=O) groups is 1. The van der Waals surface area contributed by atoms with Gasteiger partial charge in [0.25, 0.3) is 0 Å². The Morgan fingerprint density at radius 2 is 1.79 bits per heavy atom. The fourth-order valence-corrected chi connectivity index (χ4v) is 1.80. The first-order valence-electron chi connectivity index (χ1n) is 5.62. The summed E-state index contributed by atoms with van der Waals surface area (Å²) in [5.41, 5.74) is -0.218. The van der Waals surface area contributed by atoms with Gasteiger partial charge in [0.2, 0.25) is 5.91 Å². The smallest absolute Gasteiger partial charge is 0.226 e. The van der Waals surface area contributed by atoms with Gasteiger partial charge in [0, 0.05) is 12.0 Å². The van der Waals surface area contributed by atoms with Crippen molar-refractivity contribution in [1.29, 1.82) is 0 Å². The van der Waals surface area contributed by atoms with Gasteiger partial charge < -0.3 is 5.32 Å². The van der Waals surface area contributed by atoms with Crippen LogP contribution in [-0.2, 0) is 4.79 Å². The molecule has 0 saturated carbocycles. The summed E-state index contributed by atoms with van der Waals surface area (Å²) in [7, 11) is 0. The molecule has 0 rings (SSSR count). The molecule has 0 aromatic carbocycles. The van der Waals surface area contributed by atoms with Crippen LogP contribution in [0.3, 0.4) is 0 Å². The number of hydrogen-bond donors (Lipinski definition) is 1. The molecular weight excluding hydrogens is 174 g/mol. The summed E-state index contributed by atoms with van der Waals surface area (Å²) < 4.78 is 0. The zero-order valence-electron chi connectivity index (χ0n) is 10.5. The largest absolute Gasteiger partial charge is 0.356 e. The van der Waals surface area contributed by atoms with Crippen LogP contribution in [0.2, 0.25) is 0 Å². The zero-order chi connectivity index (χ0) is 11.4. The molecule has 0 saturated heterocycles. The quantitative estimate of drug-likeness (QED) is 0.725. The number of amides is 1. The van der Waals surface area contributed by atoms with Crippen LogP contribution in [0.1, 0.15) is 48.0 Å². The van der Waals surface area contributed by atoms with E-state index in [9.17, 15) is 4.79 Å². The summed E-state index contributed by atoms with van der Waals surface area (Å²) in [4.78, 5) is 11.9. The van der Waals surface area contributed by atoms with Crippen molar-refractivity contribution in [2.24, 2.45) is 17.3 Å². The van der Waals surface area contributed by atoms with E-state index in [0.29, 0.717) is 11.8 Å². The second kappa shape index (κ2) is 5.38. The SMILES string of the molecule is CCNC(=O)C(C)(CC(C)C)C(C)C. The molecule has 1 unspecified atom stereocenters. The molecule has 0 heterocycles. The maximum absolute atomic E-state index is 11.9. The van der Waals surface area contributed by atoms with Crippen molar-refractivity contribution in [2.75, 3.05) is 6.54 Å². The first-order valence-corrected chi connectivity index (χ1v) is 5.62. The molecule has 0 radical (unpaired) electrons. The van der Waals surface area contributed by atoms with E-state index in [0.717, 1.165) is 13.0 Å². The monoisotopic (exact) mass is 199 g/mol. The minimum Gasteiger partial charge on any atom is -0.356 e. The Balaban J connectivity index is 4.62. The van der Waals surface area contributed by atoms with Crippen molar-refractivity contribution in [2.45, 2.75) is 48.0 Å². The van der Waals surface area contributed by atoms with Gasteiger partial charge in [0.1, 0.15) is 0 Å². The second-order valence-corrected chi connectivity index (χ2v) is 5.03. The molecule has 0 fully saturated rings. The van der Waals surface area contributed by atoms with Crippen LogP contribution < -0.4 is 5.32 Å². The molecule has 2 heteroatoms. The third kappa shape index (κ3) is 3.32. The lowest BCUT2D eigenvalue weighted by molar-refractivity contribution is -0.133. The van der Waals surface area contributed by atoms with E-state index in [1.54, 1.807) is 0 Å². The van der Waals surface area contributed by atoms with E-state index < -0.39 is 0 Å². The fraction of sp³-hybridized carbons (Fsp3) is 0.917. The van der Waals surface area contributed by atoms with Crippen molar-refractivity contribution in [3.05, 3.63) is 0 Å². The van der Waals surface area contributed by atoms with Crippen molar-refractivity contribution in [3.8, 4) is 0 Å². The van der Waals surface area contributed by atoms with Gasteiger partial charge in [-0.2, -0.15) is 0 Å². The summed E-state index contributed by atoms with van der Waals surface area (Å²) in [5.74, 6) is 1.14. The molecule has 0 aliphatic carbocycles. The highest BCUT2D eigenvalue weighted by atomic mass is 16.2. The normalized spacial score (nSPS) is 15.7. The van der Waals surface area contributed by atoms with Gasteiger partial charge in [0.15, 0.2) is 0 Å². The molecule has 0 aromatic rings. The Morgan fingerprint density at radius 1 is 1.29 bits per heavy atom. The Morgan fingerprint density at radius 3 is 2.07 bits per heavy atom. The van der Waals surface area contributed by atoms with Crippen LogP contribution in [0.5, 0.6) is 0 Å². The fourth-order valence-electron chi connectivity index (χ4n) is 1.80. The predicted molar refractivity (Wildman–Crippen MR) is 61.1 cm³/mol. The molecule has 14 heavy (non-hydrogen) atoms. The Labute approximate surface area is 88.5 Å². The van der Waals surface area contributed by atoms with Crippen LogP contribution in [0.25, 0.3) is 0 Å². The van der Waals surface area contributed by atoms with Gasteiger partial charge in [0.05, 0.1) is 0 Å². The number of carbonyl (C=O) groups excluding carboxylic acids is 1. The Bertz CT molecular complexity index is 187. The van der Waals surface area contributed by atoms with Crippen LogP contribution >= 0.6 is 0 Å². The lowest BCUT2D eigenvalue weighted by atomic mass is 9.72. The minimum absolute atomic E-state index is 0.198. The summed E-state index contributed by atoms with van der Waals surface area (Å²) >= 11 is 0. The first-order chi connectivity index (χ1) is 6.34. The van der Waals surface area contributed by atoms with Crippen LogP contribution in [0.4, 0.5) is 0 Å². The summed E-state index contributed by atoms with van der Waals surface area (Å²) in [6.07, 6.45) is 0.955. The molecule has 0 aliphatic rings. The van der Waals surface area contributed by atoms with Gasteiger partial charge >= 0.3 is 0 Å². The van der Waals surface area contributed by atoms with Gasteiger partial charge in [-0.1, -0.05) is 34.6 Å². The molecule has 0 bridgehead atoms. The third-order valence-corrected chi connectivity index (χ3v) is 2.96. The van der Waals surface area contributed by atoms with Gasteiger partial charge in [-0.3, -0.25) is 4.79 Å². The van der Waals surface area contributed by atoms with E-state index in [4.69, 9.17) is 0 Å². The molecule has 84 valence electrons. The van der Waals surface area contributed by atoms with Crippen molar-refractivity contribution in [3.63, 3.8) is 0 Å². The predicted octanol–water partition coefficient (Wildman–Crippen LogP) is 2.83. The molecule has 0 spiro atoms. The average molecular weight is 199 g/mol. The highest BCUT2D eigenvalue weighted by Crippen LogP contribution is 2.34. The molecule has 1 amide bonds. The number of hydrogen-bond acceptors (Lipinski definition) is 1. The van der Waals surface area contributed by atoms with E-state index in [1.165, 1.54) is 0 Å². The first kappa shape index (κ1) is 13.5. The molecule has 1 atom stereocenters. The average Bonchev–Trinajstić information content (AvgIpc) is 2.02. The topological polar surface area (TPSA) is 29.1 Å². The van der Waals surface area contributed by atoms with Crippen molar-refractivity contribution >= 4 is 5.91 Å². The molecule has 0 aliphatic heterocycles. The van der Waals surface area contributed by atoms with E-state index in [-0.39, 0.29) is 11.3 Å². The Kier molecular flexibility index (Phi) is 5.17. The van der Waals surface area contributed by atoms with E-state index in [2.05, 4.69) is 39.9 Å². The third-order valence-electron chi connectivity index (χ3n) is 2.96. The molecule has 0 aromatic heterocycles. The highest BCUT2D eigenvalue weighted by Gasteiger charge is 2.36. The second-order valence-electron chi connectivity index (χ2n) is 5.03. The molecular formula is C12H25NO. The van der Waals surface area contributed by atoms with Crippen LogP contribution in [-0.4, -0.2) is 12.5 Å². The van der Waals surface area contributed by atoms with Crippen molar-refractivity contribution in [1.82, 2.24) is 5.32 Å². The summed E-state index contributed by atoms with van der Waals surface area (Å²) in [5, 5.41) is 2.93. The van der Waals surface area contributed by atoms with Gasteiger partial charge in [-0.05, 0) is 25.2 Å². The van der Waals surface area contributed by atoms with Crippen molar-refractivity contribution < 1.29 is 4.79 Å². The highest BCUT2D eigenvalue weighted by molar-refractivity contribution is 5.82. The van der Waals surface area contributed by atoms with Gasteiger partial charge in [-0.25, -0.2) is 0 Å². The minimum atomic E-state index is -0.218. The maximum atomic E-state index is 11.9. The van der Waals surface area contributed by atoms with Gasteiger partial charge in [-0.15, -0.1) is 0 Å². The van der Waals surface area contributed by atoms with Crippen LogP contribution in [0, 0.1) is 17.3 Å².